The second-order valence-electron chi connectivity index (χ2n) is 10.9. The number of aromatic amines is 1. The van der Waals surface area contributed by atoms with Crippen LogP contribution in [0.2, 0.25) is 0 Å². The van der Waals surface area contributed by atoms with Crippen molar-refractivity contribution in [3.05, 3.63) is 79.5 Å². The summed E-state index contributed by atoms with van der Waals surface area (Å²) in [6.07, 6.45) is 12.7. The highest BCUT2D eigenvalue weighted by molar-refractivity contribution is 6.19. The minimum absolute atomic E-state index is 0.0954. The summed E-state index contributed by atoms with van der Waals surface area (Å²) in [5.74, 6) is 3.25. The number of aryl methyl sites for hydroxylation is 3. The molecule has 1 aliphatic heterocycles. The van der Waals surface area contributed by atoms with E-state index in [4.69, 9.17) is 11.4 Å². The summed E-state index contributed by atoms with van der Waals surface area (Å²) in [5, 5.41) is 7.93. The van der Waals surface area contributed by atoms with Gasteiger partial charge in [0, 0.05) is 72.5 Å². The molecular formula is C32H40N6O2. The molecule has 0 aromatic carbocycles. The Bertz CT molecular complexity index is 1600. The first-order valence-electron chi connectivity index (χ1n) is 13.9. The van der Waals surface area contributed by atoms with Crippen LogP contribution in [0, 0.1) is 33.1 Å². The standard InChI is InChI=1S/C32H40N6O2/c1-8-26(31(39)35-18-27-21(4)15-23(6)36-32(27)40)30-22(5)19-38(20(2)3)28(30)11-9-25-10-12-29(34-17-25)37-14-13-33-16-24(37)7/h1,10-12,15,17,19-20,24,33H,9,13-14,16,18H2,2-7H3,(H,35,39)(H,36,40). The van der Waals surface area contributed by atoms with E-state index >= 15 is 0 Å². The lowest BCUT2D eigenvalue weighted by Gasteiger charge is -2.34. The lowest BCUT2D eigenvalue weighted by Crippen LogP contribution is -2.50. The van der Waals surface area contributed by atoms with Gasteiger partial charge in [-0.3, -0.25) is 9.59 Å². The van der Waals surface area contributed by atoms with Gasteiger partial charge in [0.2, 0.25) is 0 Å². The van der Waals surface area contributed by atoms with Crippen LogP contribution in [0.25, 0.3) is 11.6 Å². The highest BCUT2D eigenvalue weighted by Crippen LogP contribution is 2.16. The molecule has 4 rings (SSSR count). The Morgan fingerprint density at radius 1 is 1.27 bits per heavy atom. The Kier molecular flexibility index (Phi) is 8.96. The molecule has 8 heteroatoms. The molecule has 210 valence electrons. The van der Waals surface area contributed by atoms with E-state index in [0.717, 1.165) is 58.4 Å². The Hall–Kier alpha value is -4.09. The van der Waals surface area contributed by atoms with Crippen LogP contribution in [0.5, 0.6) is 0 Å². The van der Waals surface area contributed by atoms with Crippen molar-refractivity contribution in [1.82, 2.24) is 25.2 Å². The number of anilines is 1. The highest BCUT2D eigenvalue weighted by atomic mass is 16.2. The number of piperazine rings is 1. The highest BCUT2D eigenvalue weighted by Gasteiger charge is 2.19. The van der Waals surface area contributed by atoms with Gasteiger partial charge >= 0.3 is 0 Å². The first kappa shape index (κ1) is 28.9. The van der Waals surface area contributed by atoms with Gasteiger partial charge in [-0.05, 0) is 76.8 Å². The Morgan fingerprint density at radius 3 is 2.67 bits per heavy atom. The van der Waals surface area contributed by atoms with Crippen molar-refractivity contribution < 1.29 is 4.79 Å². The van der Waals surface area contributed by atoms with Crippen LogP contribution in [-0.4, -0.2) is 46.1 Å². The van der Waals surface area contributed by atoms with E-state index < -0.39 is 0 Å². The van der Waals surface area contributed by atoms with Gasteiger partial charge in [0.1, 0.15) is 5.82 Å². The summed E-state index contributed by atoms with van der Waals surface area (Å²) >= 11 is 0. The van der Waals surface area contributed by atoms with Crippen molar-refractivity contribution in [2.24, 2.45) is 0 Å². The van der Waals surface area contributed by atoms with Crippen LogP contribution in [0.1, 0.15) is 54.8 Å². The van der Waals surface area contributed by atoms with Crippen molar-refractivity contribution in [1.29, 1.82) is 0 Å². The number of carbonyl (C=O) groups excluding carboxylic acids is 1. The van der Waals surface area contributed by atoms with Gasteiger partial charge in [-0.25, -0.2) is 4.98 Å². The van der Waals surface area contributed by atoms with E-state index in [9.17, 15) is 9.59 Å². The maximum absolute atomic E-state index is 13.4. The van der Waals surface area contributed by atoms with Crippen molar-refractivity contribution in [2.45, 2.75) is 66.6 Å². The Morgan fingerprint density at radius 2 is 2.05 bits per heavy atom. The Labute approximate surface area is 236 Å². The van der Waals surface area contributed by atoms with E-state index in [1.54, 1.807) is 0 Å². The fourth-order valence-corrected chi connectivity index (χ4v) is 5.35. The molecule has 4 heterocycles. The van der Waals surface area contributed by atoms with Crippen LogP contribution in [-0.2, 0) is 17.8 Å². The van der Waals surface area contributed by atoms with E-state index in [2.05, 4.69) is 70.0 Å². The lowest BCUT2D eigenvalue weighted by atomic mass is 10.1. The average molecular weight is 541 g/mol. The summed E-state index contributed by atoms with van der Waals surface area (Å²) < 4.78 is 2.15. The maximum atomic E-state index is 13.4. The fourth-order valence-electron chi connectivity index (χ4n) is 5.35. The average Bonchev–Trinajstić information content (AvgIpc) is 3.24. The largest absolute Gasteiger partial charge is 0.351 e. The van der Waals surface area contributed by atoms with Crippen molar-refractivity contribution in [2.75, 3.05) is 24.5 Å². The van der Waals surface area contributed by atoms with Gasteiger partial charge in [0.05, 0.1) is 5.57 Å². The molecule has 0 aliphatic carbocycles. The summed E-state index contributed by atoms with van der Waals surface area (Å²) in [4.78, 5) is 35.7. The number of rotatable bonds is 7. The molecule has 1 saturated heterocycles. The van der Waals surface area contributed by atoms with E-state index in [0.29, 0.717) is 18.0 Å². The molecule has 1 fully saturated rings. The molecule has 0 saturated carbocycles. The second-order valence-corrected chi connectivity index (χ2v) is 10.9. The summed E-state index contributed by atoms with van der Waals surface area (Å²) in [6, 6.07) is 6.66. The molecule has 1 unspecified atom stereocenters. The molecule has 0 bridgehead atoms. The number of hydrogen-bond donors (Lipinski definition) is 3. The van der Waals surface area contributed by atoms with E-state index in [-0.39, 0.29) is 29.6 Å². The first-order valence-corrected chi connectivity index (χ1v) is 13.9. The molecule has 3 aromatic rings. The van der Waals surface area contributed by atoms with Crippen molar-refractivity contribution in [3.63, 3.8) is 0 Å². The van der Waals surface area contributed by atoms with Gasteiger partial charge in [-0.2, -0.15) is 0 Å². The van der Waals surface area contributed by atoms with Crippen LogP contribution in [0.3, 0.4) is 0 Å². The molecule has 1 atom stereocenters. The van der Waals surface area contributed by atoms with Gasteiger partial charge in [0.25, 0.3) is 11.5 Å². The Balaban J connectivity index is 1.67. The van der Waals surface area contributed by atoms with E-state index in [1.165, 1.54) is 0 Å². The number of nitrogens with zero attached hydrogens (tertiary/aromatic N) is 3. The van der Waals surface area contributed by atoms with Crippen LogP contribution < -0.4 is 31.7 Å². The second kappa shape index (κ2) is 12.4. The zero-order valence-corrected chi connectivity index (χ0v) is 24.4. The summed E-state index contributed by atoms with van der Waals surface area (Å²) in [5.41, 5.74) is 4.17. The number of carbonyl (C=O) groups is 1. The number of nitrogens with one attached hydrogen (secondary N) is 3. The SMILES string of the molecule is C#CC(C(=O)NCc1c(C)cc(C)[nH]c1=O)=c1c(C)cn(C(C)C)c1=CCc1ccc(N2CCNCC2C)nc1. The third-order valence-electron chi connectivity index (χ3n) is 7.49. The lowest BCUT2D eigenvalue weighted by molar-refractivity contribution is -0.115. The van der Waals surface area contributed by atoms with Crippen molar-refractivity contribution in [3.8, 4) is 12.3 Å². The van der Waals surface area contributed by atoms with Crippen LogP contribution in [0.4, 0.5) is 5.82 Å². The van der Waals surface area contributed by atoms with Gasteiger partial charge in [-0.15, -0.1) is 6.42 Å². The third kappa shape index (κ3) is 6.21. The normalized spacial score (nSPS) is 16.7. The number of H-pyrrole nitrogens is 1. The summed E-state index contributed by atoms with van der Waals surface area (Å²) in [6.45, 7) is 15.0. The molecule has 1 aliphatic rings. The molecule has 0 spiro atoms. The molecule has 3 N–H and O–H groups in total. The summed E-state index contributed by atoms with van der Waals surface area (Å²) in [7, 11) is 0. The quantitative estimate of drug-likeness (QED) is 0.399. The molecule has 40 heavy (non-hydrogen) atoms. The smallest absolute Gasteiger partial charge is 0.260 e. The predicted molar refractivity (Wildman–Crippen MR) is 162 cm³/mol. The minimum Gasteiger partial charge on any atom is -0.351 e. The number of aromatic nitrogens is 3. The number of amides is 1. The zero-order chi connectivity index (χ0) is 29.0. The minimum atomic E-state index is -0.378. The zero-order valence-electron chi connectivity index (χ0n) is 24.4. The first-order chi connectivity index (χ1) is 19.1. The number of hydrogen-bond acceptors (Lipinski definition) is 5. The van der Waals surface area contributed by atoms with Gasteiger partial charge in [-0.1, -0.05) is 18.1 Å². The maximum Gasteiger partial charge on any atom is 0.260 e. The fraction of sp³-hybridized carbons (Fsp3) is 0.406. The van der Waals surface area contributed by atoms with Gasteiger partial charge < -0.3 is 25.1 Å². The predicted octanol–water partition coefficient (Wildman–Crippen LogP) is 2.00. The number of pyridine rings is 2. The molecule has 3 aromatic heterocycles. The van der Waals surface area contributed by atoms with Crippen LogP contribution >= 0.6 is 0 Å². The molecular weight excluding hydrogens is 500 g/mol. The third-order valence-corrected chi connectivity index (χ3v) is 7.49. The monoisotopic (exact) mass is 540 g/mol. The number of terminal acetylenes is 1. The van der Waals surface area contributed by atoms with E-state index in [1.807, 2.05) is 39.2 Å². The van der Waals surface area contributed by atoms with Crippen LogP contribution in [0.15, 0.2) is 35.4 Å². The molecule has 0 radical (unpaired) electrons. The van der Waals surface area contributed by atoms with Gasteiger partial charge in [0.15, 0.2) is 0 Å². The topological polar surface area (TPSA) is 95.0 Å². The molecule has 8 nitrogen and oxygen atoms in total. The molecule has 1 amide bonds. The van der Waals surface area contributed by atoms with Crippen molar-refractivity contribution >= 4 is 23.4 Å².